The molecule has 0 N–H and O–H groups in total. The first-order chi connectivity index (χ1) is 7.75. The summed E-state index contributed by atoms with van der Waals surface area (Å²) in [4.78, 5) is 2.44. The standard InChI is InChI=1S/C13H18BrNO/c1-15(13-6-8-16-9-7-13)10-11-2-4-12(14)5-3-11/h2-5,13H,6-10H2,1H3. The third-order valence-corrected chi connectivity index (χ3v) is 3.69. The van der Waals surface area contributed by atoms with E-state index in [1.807, 2.05) is 0 Å². The van der Waals surface area contributed by atoms with E-state index in [1.165, 1.54) is 5.56 Å². The topological polar surface area (TPSA) is 12.5 Å². The van der Waals surface area contributed by atoms with E-state index in [4.69, 9.17) is 4.74 Å². The molecular weight excluding hydrogens is 266 g/mol. The Kier molecular flexibility index (Phi) is 4.38. The molecule has 0 atom stereocenters. The van der Waals surface area contributed by atoms with Gasteiger partial charge in [-0.15, -0.1) is 0 Å². The molecule has 0 aliphatic carbocycles. The lowest BCUT2D eigenvalue weighted by Crippen LogP contribution is -2.36. The summed E-state index contributed by atoms with van der Waals surface area (Å²) < 4.78 is 6.53. The van der Waals surface area contributed by atoms with Gasteiger partial charge in [-0.05, 0) is 37.6 Å². The molecule has 1 fully saturated rings. The minimum absolute atomic E-state index is 0.678. The van der Waals surface area contributed by atoms with Crippen molar-refractivity contribution in [1.82, 2.24) is 4.90 Å². The van der Waals surface area contributed by atoms with Crippen molar-refractivity contribution < 1.29 is 4.74 Å². The van der Waals surface area contributed by atoms with Crippen LogP contribution in [-0.2, 0) is 11.3 Å². The van der Waals surface area contributed by atoms with Crippen molar-refractivity contribution in [2.24, 2.45) is 0 Å². The summed E-state index contributed by atoms with van der Waals surface area (Å²) in [6.45, 7) is 2.85. The normalized spacial score (nSPS) is 17.9. The minimum atomic E-state index is 0.678. The van der Waals surface area contributed by atoms with Crippen molar-refractivity contribution >= 4 is 15.9 Å². The van der Waals surface area contributed by atoms with Crippen molar-refractivity contribution in [1.29, 1.82) is 0 Å². The fourth-order valence-corrected chi connectivity index (χ4v) is 2.40. The van der Waals surface area contributed by atoms with Crippen molar-refractivity contribution in [2.45, 2.75) is 25.4 Å². The van der Waals surface area contributed by atoms with E-state index in [1.54, 1.807) is 0 Å². The highest BCUT2D eigenvalue weighted by molar-refractivity contribution is 9.10. The Balaban J connectivity index is 1.90. The molecular formula is C13H18BrNO. The lowest BCUT2D eigenvalue weighted by atomic mass is 10.1. The summed E-state index contributed by atoms with van der Waals surface area (Å²) >= 11 is 3.46. The first-order valence-electron chi connectivity index (χ1n) is 5.78. The Hall–Kier alpha value is -0.380. The molecule has 2 nitrogen and oxygen atoms in total. The average molecular weight is 284 g/mol. The SMILES string of the molecule is CN(Cc1ccc(Br)cc1)C1CCOCC1. The second kappa shape index (κ2) is 5.80. The van der Waals surface area contributed by atoms with Crippen LogP contribution in [0.1, 0.15) is 18.4 Å². The van der Waals surface area contributed by atoms with Crippen LogP contribution in [0, 0.1) is 0 Å². The minimum Gasteiger partial charge on any atom is -0.381 e. The van der Waals surface area contributed by atoms with Gasteiger partial charge < -0.3 is 4.74 Å². The highest BCUT2D eigenvalue weighted by Crippen LogP contribution is 2.17. The Morgan fingerprint density at radius 1 is 1.25 bits per heavy atom. The predicted octanol–water partition coefficient (Wildman–Crippen LogP) is 3.06. The van der Waals surface area contributed by atoms with Crippen LogP contribution in [0.4, 0.5) is 0 Å². The second-order valence-corrected chi connectivity index (χ2v) is 5.30. The van der Waals surface area contributed by atoms with Gasteiger partial charge in [0.15, 0.2) is 0 Å². The molecule has 3 heteroatoms. The molecule has 0 bridgehead atoms. The van der Waals surface area contributed by atoms with Gasteiger partial charge in [-0.2, -0.15) is 0 Å². The van der Waals surface area contributed by atoms with Crippen LogP contribution in [0.3, 0.4) is 0 Å². The molecule has 1 aliphatic heterocycles. The molecule has 1 saturated heterocycles. The maximum absolute atomic E-state index is 5.38. The fourth-order valence-electron chi connectivity index (χ4n) is 2.13. The molecule has 1 aliphatic rings. The molecule has 0 radical (unpaired) electrons. The summed E-state index contributed by atoms with van der Waals surface area (Å²) in [6, 6.07) is 9.25. The van der Waals surface area contributed by atoms with Gasteiger partial charge >= 0.3 is 0 Å². The van der Waals surface area contributed by atoms with E-state index in [0.717, 1.165) is 37.1 Å². The molecule has 88 valence electrons. The zero-order valence-electron chi connectivity index (χ0n) is 9.66. The van der Waals surface area contributed by atoms with E-state index in [0.29, 0.717) is 6.04 Å². The Morgan fingerprint density at radius 3 is 2.50 bits per heavy atom. The lowest BCUT2D eigenvalue weighted by Gasteiger charge is -2.31. The van der Waals surface area contributed by atoms with Gasteiger partial charge in [0.25, 0.3) is 0 Å². The van der Waals surface area contributed by atoms with E-state index in [9.17, 15) is 0 Å². The first kappa shape index (κ1) is 12.1. The summed E-state index contributed by atoms with van der Waals surface area (Å²) in [7, 11) is 2.21. The zero-order chi connectivity index (χ0) is 11.4. The van der Waals surface area contributed by atoms with Crippen LogP contribution in [0.25, 0.3) is 0 Å². The number of ether oxygens (including phenoxy) is 1. The highest BCUT2D eigenvalue weighted by atomic mass is 79.9. The molecule has 0 amide bonds. The van der Waals surface area contributed by atoms with Crippen molar-refractivity contribution in [3.05, 3.63) is 34.3 Å². The molecule has 1 heterocycles. The summed E-state index contributed by atoms with van der Waals surface area (Å²) in [6.07, 6.45) is 2.32. The number of hydrogen-bond donors (Lipinski definition) is 0. The quantitative estimate of drug-likeness (QED) is 0.846. The van der Waals surface area contributed by atoms with E-state index < -0.39 is 0 Å². The van der Waals surface area contributed by atoms with Gasteiger partial charge in [0.05, 0.1) is 0 Å². The number of hydrogen-bond acceptors (Lipinski definition) is 2. The molecule has 0 aromatic heterocycles. The summed E-state index contributed by atoms with van der Waals surface area (Å²) in [5.41, 5.74) is 1.37. The maximum Gasteiger partial charge on any atom is 0.0480 e. The second-order valence-electron chi connectivity index (χ2n) is 4.39. The molecule has 0 spiro atoms. The molecule has 2 rings (SSSR count). The van der Waals surface area contributed by atoms with Crippen LogP contribution < -0.4 is 0 Å². The van der Waals surface area contributed by atoms with E-state index >= 15 is 0 Å². The third-order valence-electron chi connectivity index (χ3n) is 3.16. The van der Waals surface area contributed by atoms with Crippen molar-refractivity contribution in [3.63, 3.8) is 0 Å². The average Bonchev–Trinajstić information content (AvgIpc) is 2.33. The van der Waals surface area contributed by atoms with Crippen LogP contribution in [0.5, 0.6) is 0 Å². The summed E-state index contributed by atoms with van der Waals surface area (Å²) in [5.74, 6) is 0. The first-order valence-corrected chi connectivity index (χ1v) is 6.57. The van der Waals surface area contributed by atoms with Crippen molar-refractivity contribution in [3.8, 4) is 0 Å². The van der Waals surface area contributed by atoms with Gasteiger partial charge in [-0.25, -0.2) is 0 Å². The van der Waals surface area contributed by atoms with Gasteiger partial charge in [-0.1, -0.05) is 28.1 Å². The Bertz CT molecular complexity index is 319. The molecule has 16 heavy (non-hydrogen) atoms. The lowest BCUT2D eigenvalue weighted by molar-refractivity contribution is 0.0407. The van der Waals surface area contributed by atoms with Crippen LogP contribution in [-0.4, -0.2) is 31.2 Å². The largest absolute Gasteiger partial charge is 0.381 e. The number of rotatable bonds is 3. The van der Waals surface area contributed by atoms with Gasteiger partial charge in [0.2, 0.25) is 0 Å². The molecule has 1 aromatic carbocycles. The van der Waals surface area contributed by atoms with E-state index in [2.05, 4.69) is 52.1 Å². The van der Waals surface area contributed by atoms with Crippen LogP contribution >= 0.6 is 15.9 Å². The van der Waals surface area contributed by atoms with E-state index in [-0.39, 0.29) is 0 Å². The molecule has 0 unspecified atom stereocenters. The fraction of sp³-hybridized carbons (Fsp3) is 0.538. The van der Waals surface area contributed by atoms with Gasteiger partial charge in [0.1, 0.15) is 0 Å². The Morgan fingerprint density at radius 2 is 1.88 bits per heavy atom. The Labute approximate surface area is 106 Å². The maximum atomic E-state index is 5.38. The third kappa shape index (κ3) is 3.30. The molecule has 0 saturated carbocycles. The highest BCUT2D eigenvalue weighted by Gasteiger charge is 2.18. The van der Waals surface area contributed by atoms with Crippen molar-refractivity contribution in [2.75, 3.05) is 20.3 Å². The van der Waals surface area contributed by atoms with Crippen LogP contribution in [0.2, 0.25) is 0 Å². The van der Waals surface area contributed by atoms with Gasteiger partial charge in [0, 0.05) is 30.3 Å². The number of halogens is 1. The van der Waals surface area contributed by atoms with Gasteiger partial charge in [-0.3, -0.25) is 4.90 Å². The smallest absolute Gasteiger partial charge is 0.0480 e. The van der Waals surface area contributed by atoms with Crippen LogP contribution in [0.15, 0.2) is 28.7 Å². The zero-order valence-corrected chi connectivity index (χ0v) is 11.2. The molecule has 1 aromatic rings. The number of nitrogens with zero attached hydrogens (tertiary/aromatic N) is 1. The number of benzene rings is 1. The monoisotopic (exact) mass is 283 g/mol. The predicted molar refractivity (Wildman–Crippen MR) is 69.5 cm³/mol. The summed E-state index contributed by atoms with van der Waals surface area (Å²) in [5, 5.41) is 0.